The summed E-state index contributed by atoms with van der Waals surface area (Å²) in [5, 5.41) is 5.19. The molecule has 3 amide bonds. The maximum atomic E-state index is 14.7. The second kappa shape index (κ2) is 8.83. The minimum absolute atomic E-state index is 0.0249. The molecule has 7 nitrogen and oxygen atoms in total. The third-order valence-electron chi connectivity index (χ3n) is 4.60. The van der Waals surface area contributed by atoms with Crippen molar-refractivity contribution in [1.29, 1.82) is 0 Å². The van der Waals surface area contributed by atoms with E-state index in [1.807, 2.05) is 0 Å². The lowest BCUT2D eigenvalue weighted by Gasteiger charge is -2.29. The molecule has 1 fully saturated rings. The van der Waals surface area contributed by atoms with Gasteiger partial charge in [-0.2, -0.15) is 0 Å². The highest BCUT2D eigenvalue weighted by Crippen LogP contribution is 2.28. The smallest absolute Gasteiger partial charge is 0.262 e. The molecule has 1 saturated heterocycles. The van der Waals surface area contributed by atoms with Crippen LogP contribution in [0.3, 0.4) is 0 Å². The second-order valence-corrected chi connectivity index (χ2v) is 9.82. The number of nitrogens with one attached hydrogen (secondary N) is 2. The summed E-state index contributed by atoms with van der Waals surface area (Å²) in [4.78, 5) is 39.1. The zero-order valence-corrected chi connectivity index (χ0v) is 19.1. The number of anilines is 2. The van der Waals surface area contributed by atoms with Gasteiger partial charge in [0.05, 0.1) is 21.0 Å². The van der Waals surface area contributed by atoms with E-state index in [4.69, 9.17) is 4.74 Å². The molecule has 0 bridgehead atoms. The van der Waals surface area contributed by atoms with E-state index in [1.54, 1.807) is 19.1 Å². The van der Waals surface area contributed by atoms with Crippen molar-refractivity contribution in [3.05, 3.63) is 44.3 Å². The van der Waals surface area contributed by atoms with Crippen LogP contribution in [0, 0.1) is 12.7 Å². The van der Waals surface area contributed by atoms with Crippen molar-refractivity contribution in [2.75, 3.05) is 30.0 Å². The van der Waals surface area contributed by atoms with Gasteiger partial charge >= 0.3 is 0 Å². The molecule has 1 aliphatic rings. The van der Waals surface area contributed by atoms with Crippen LogP contribution in [0.1, 0.15) is 29.1 Å². The van der Waals surface area contributed by atoms with Crippen LogP contribution in [0.4, 0.5) is 15.8 Å². The average Bonchev–Trinajstić information content (AvgIpc) is 3.11. The lowest BCUT2D eigenvalue weighted by molar-refractivity contribution is -0.125. The average molecular weight is 498 g/mol. The highest BCUT2D eigenvalue weighted by Gasteiger charge is 2.31. The Balaban J connectivity index is 1.74. The zero-order chi connectivity index (χ0) is 22.1. The van der Waals surface area contributed by atoms with E-state index in [-0.39, 0.29) is 18.2 Å². The molecule has 2 aromatic rings. The lowest BCUT2D eigenvalue weighted by Crippen LogP contribution is -2.52. The number of benzene rings is 1. The van der Waals surface area contributed by atoms with Gasteiger partial charge in [-0.1, -0.05) is 0 Å². The number of thiophene rings is 1. The Labute approximate surface area is 185 Å². The maximum absolute atomic E-state index is 14.7. The molecule has 0 radical (unpaired) electrons. The molecule has 0 unspecified atom stereocenters. The number of hydrogen-bond acceptors (Lipinski definition) is 5. The van der Waals surface area contributed by atoms with Gasteiger partial charge in [0.2, 0.25) is 5.91 Å². The van der Waals surface area contributed by atoms with Crippen LogP contribution in [-0.4, -0.2) is 43.0 Å². The van der Waals surface area contributed by atoms with Crippen LogP contribution >= 0.6 is 27.3 Å². The first kappa shape index (κ1) is 22.4. The standard InChI is InChI=1S/C20H21BrFN3O4S/c1-11-8-13(12(22)9-14(11)25-6-7-29-10-17(25)26)23-19(28)20(2,3)24-18(27)15-4-5-16(21)30-15/h4-5,8-9H,6-7,10H2,1-3H3,(H,23,28)(H,24,27). The van der Waals surface area contributed by atoms with Gasteiger partial charge in [-0.3, -0.25) is 14.4 Å². The van der Waals surface area contributed by atoms with Crippen LogP contribution in [0.25, 0.3) is 0 Å². The Bertz CT molecular complexity index is 1010. The Morgan fingerprint density at radius 1 is 1.30 bits per heavy atom. The molecule has 160 valence electrons. The first-order valence-electron chi connectivity index (χ1n) is 9.16. The van der Waals surface area contributed by atoms with Gasteiger partial charge in [0.15, 0.2) is 0 Å². The summed E-state index contributed by atoms with van der Waals surface area (Å²) in [5.41, 5.74) is -0.239. The van der Waals surface area contributed by atoms with E-state index in [0.29, 0.717) is 29.3 Å². The van der Waals surface area contributed by atoms with E-state index in [9.17, 15) is 18.8 Å². The molecule has 30 heavy (non-hydrogen) atoms. The molecule has 1 aromatic carbocycles. The number of amides is 3. The van der Waals surface area contributed by atoms with E-state index in [2.05, 4.69) is 26.6 Å². The van der Waals surface area contributed by atoms with Crippen molar-refractivity contribution in [2.45, 2.75) is 26.3 Å². The van der Waals surface area contributed by atoms with Crippen LogP contribution in [0.15, 0.2) is 28.1 Å². The summed E-state index contributed by atoms with van der Waals surface area (Å²) in [7, 11) is 0. The van der Waals surface area contributed by atoms with E-state index < -0.39 is 23.2 Å². The van der Waals surface area contributed by atoms with Gasteiger partial charge in [-0.05, 0) is 60.5 Å². The number of aryl methyl sites for hydroxylation is 1. The Morgan fingerprint density at radius 2 is 2.03 bits per heavy atom. The topological polar surface area (TPSA) is 87.7 Å². The van der Waals surface area contributed by atoms with Crippen LogP contribution in [-0.2, 0) is 14.3 Å². The minimum atomic E-state index is -1.28. The van der Waals surface area contributed by atoms with Gasteiger partial charge in [0.25, 0.3) is 11.8 Å². The van der Waals surface area contributed by atoms with Crippen molar-refractivity contribution in [3.8, 4) is 0 Å². The SMILES string of the molecule is Cc1cc(NC(=O)C(C)(C)NC(=O)c2ccc(Br)s2)c(F)cc1N1CCOCC1=O. The summed E-state index contributed by atoms with van der Waals surface area (Å²) in [5.74, 6) is -1.89. The third-order valence-corrected chi connectivity index (χ3v) is 6.22. The normalized spacial score (nSPS) is 14.6. The summed E-state index contributed by atoms with van der Waals surface area (Å²) in [6, 6.07) is 6.08. The number of morpholine rings is 1. The molecule has 0 spiro atoms. The quantitative estimate of drug-likeness (QED) is 0.661. The molecular formula is C20H21BrFN3O4S. The summed E-state index contributed by atoms with van der Waals surface area (Å²) in [6.45, 7) is 5.47. The van der Waals surface area contributed by atoms with Gasteiger partial charge in [-0.25, -0.2) is 4.39 Å². The van der Waals surface area contributed by atoms with E-state index >= 15 is 0 Å². The molecule has 3 rings (SSSR count). The number of rotatable bonds is 5. The first-order chi connectivity index (χ1) is 14.1. The molecule has 0 aliphatic carbocycles. The number of carbonyl (C=O) groups excluding carboxylic acids is 3. The molecule has 1 aliphatic heterocycles. The van der Waals surface area contributed by atoms with Gasteiger partial charge in [-0.15, -0.1) is 11.3 Å². The predicted octanol–water partition coefficient (Wildman–Crippen LogP) is 3.47. The van der Waals surface area contributed by atoms with Crippen LogP contribution in [0.5, 0.6) is 0 Å². The van der Waals surface area contributed by atoms with Crippen molar-refractivity contribution in [3.63, 3.8) is 0 Å². The summed E-state index contributed by atoms with van der Waals surface area (Å²) < 4.78 is 20.6. The van der Waals surface area contributed by atoms with Crippen molar-refractivity contribution < 1.29 is 23.5 Å². The van der Waals surface area contributed by atoms with E-state index in [0.717, 1.165) is 3.79 Å². The number of ether oxygens (including phenoxy) is 1. The molecule has 0 atom stereocenters. The molecule has 1 aromatic heterocycles. The Hall–Kier alpha value is -2.30. The van der Waals surface area contributed by atoms with Crippen LogP contribution < -0.4 is 15.5 Å². The molecule has 0 saturated carbocycles. The monoisotopic (exact) mass is 497 g/mol. The predicted molar refractivity (Wildman–Crippen MR) is 117 cm³/mol. The van der Waals surface area contributed by atoms with Crippen LogP contribution in [0.2, 0.25) is 0 Å². The number of hydrogen-bond donors (Lipinski definition) is 2. The summed E-state index contributed by atoms with van der Waals surface area (Å²) >= 11 is 4.54. The van der Waals surface area contributed by atoms with Gasteiger partial charge in [0.1, 0.15) is 18.0 Å². The zero-order valence-electron chi connectivity index (χ0n) is 16.7. The molecular weight excluding hydrogens is 477 g/mol. The van der Waals surface area contributed by atoms with E-state index in [1.165, 1.54) is 42.2 Å². The number of carbonyl (C=O) groups is 3. The Kier molecular flexibility index (Phi) is 6.59. The highest BCUT2D eigenvalue weighted by atomic mass is 79.9. The lowest BCUT2D eigenvalue weighted by atomic mass is 10.0. The largest absolute Gasteiger partial charge is 0.370 e. The fourth-order valence-electron chi connectivity index (χ4n) is 2.95. The second-order valence-electron chi connectivity index (χ2n) is 7.35. The Morgan fingerprint density at radius 3 is 2.67 bits per heavy atom. The van der Waals surface area contributed by atoms with Crippen molar-refractivity contribution in [2.24, 2.45) is 0 Å². The minimum Gasteiger partial charge on any atom is -0.370 e. The van der Waals surface area contributed by atoms with Crippen molar-refractivity contribution >= 4 is 56.4 Å². The van der Waals surface area contributed by atoms with Crippen molar-refractivity contribution in [1.82, 2.24) is 5.32 Å². The molecule has 10 heteroatoms. The highest BCUT2D eigenvalue weighted by molar-refractivity contribution is 9.11. The van der Waals surface area contributed by atoms with Gasteiger partial charge < -0.3 is 20.3 Å². The fourth-order valence-corrected chi connectivity index (χ4v) is 4.23. The fraction of sp³-hybridized carbons (Fsp3) is 0.350. The number of halogens is 2. The first-order valence-corrected chi connectivity index (χ1v) is 10.8. The third kappa shape index (κ3) is 4.88. The molecule has 2 N–H and O–H groups in total. The summed E-state index contributed by atoms with van der Waals surface area (Å²) in [6.07, 6.45) is 0. The van der Waals surface area contributed by atoms with Gasteiger partial charge in [0, 0.05) is 18.3 Å². The number of nitrogens with zero attached hydrogens (tertiary/aromatic N) is 1. The molecule has 2 heterocycles. The maximum Gasteiger partial charge on any atom is 0.262 e.